The number of halogens is 1. The molecular formula is C21H19BrN2O. The zero-order valence-electron chi connectivity index (χ0n) is 13.7. The number of benzene rings is 3. The van der Waals surface area contributed by atoms with Crippen LogP contribution >= 0.6 is 15.9 Å². The van der Waals surface area contributed by atoms with E-state index >= 15 is 0 Å². The minimum absolute atomic E-state index is 0.0494. The molecule has 3 aromatic rings. The molecule has 0 spiro atoms. The predicted octanol–water partition coefficient (Wildman–Crippen LogP) is 5.09. The van der Waals surface area contributed by atoms with Gasteiger partial charge in [-0.25, -0.2) is 0 Å². The second-order valence-corrected chi connectivity index (χ2v) is 6.56. The fraction of sp³-hybridized carbons (Fsp3) is 0.0952. The highest BCUT2D eigenvalue weighted by Gasteiger charge is 2.13. The van der Waals surface area contributed by atoms with Crippen LogP contribution in [-0.4, -0.2) is 12.5 Å². The van der Waals surface area contributed by atoms with Gasteiger partial charge in [-0.3, -0.25) is 4.79 Å². The molecule has 0 atom stereocenters. The standard InChI is InChI=1S/C21H19BrN2O/c22-19-13-7-8-14-20(19)23-21(25)16-24(18-11-5-2-6-12-18)15-17-9-3-1-4-10-17/h1-14H,15-16H2,(H,23,25). The van der Waals surface area contributed by atoms with E-state index in [4.69, 9.17) is 0 Å². The molecule has 0 bridgehead atoms. The Morgan fingerprint density at radius 1 is 0.840 bits per heavy atom. The van der Waals surface area contributed by atoms with Crippen molar-refractivity contribution in [1.29, 1.82) is 0 Å². The summed E-state index contributed by atoms with van der Waals surface area (Å²) in [7, 11) is 0. The largest absolute Gasteiger partial charge is 0.358 e. The summed E-state index contributed by atoms with van der Waals surface area (Å²) in [4.78, 5) is 14.6. The lowest BCUT2D eigenvalue weighted by Gasteiger charge is -2.24. The molecule has 126 valence electrons. The molecule has 1 N–H and O–H groups in total. The topological polar surface area (TPSA) is 32.3 Å². The van der Waals surface area contributed by atoms with Crippen molar-refractivity contribution in [2.45, 2.75) is 6.54 Å². The summed E-state index contributed by atoms with van der Waals surface area (Å²) in [5, 5.41) is 2.97. The van der Waals surface area contributed by atoms with Crippen LogP contribution in [0.4, 0.5) is 11.4 Å². The van der Waals surface area contributed by atoms with E-state index < -0.39 is 0 Å². The minimum Gasteiger partial charge on any atom is -0.358 e. The molecule has 0 heterocycles. The van der Waals surface area contributed by atoms with Crippen molar-refractivity contribution >= 4 is 33.2 Å². The fourth-order valence-corrected chi connectivity index (χ4v) is 2.99. The fourth-order valence-electron chi connectivity index (χ4n) is 2.61. The predicted molar refractivity (Wildman–Crippen MR) is 107 cm³/mol. The van der Waals surface area contributed by atoms with E-state index in [0.717, 1.165) is 15.8 Å². The Balaban J connectivity index is 1.75. The van der Waals surface area contributed by atoms with E-state index in [0.29, 0.717) is 6.54 Å². The molecule has 0 aliphatic heterocycles. The Kier molecular flexibility index (Phi) is 5.86. The van der Waals surface area contributed by atoms with Gasteiger partial charge in [0.1, 0.15) is 0 Å². The second-order valence-electron chi connectivity index (χ2n) is 5.71. The van der Waals surface area contributed by atoms with Crippen LogP contribution in [0.25, 0.3) is 0 Å². The van der Waals surface area contributed by atoms with Gasteiger partial charge in [-0.1, -0.05) is 60.7 Å². The van der Waals surface area contributed by atoms with Crippen LogP contribution in [-0.2, 0) is 11.3 Å². The van der Waals surface area contributed by atoms with Crippen LogP contribution in [0.2, 0.25) is 0 Å². The molecule has 0 aliphatic rings. The Morgan fingerprint density at radius 3 is 2.12 bits per heavy atom. The zero-order chi connectivity index (χ0) is 17.5. The van der Waals surface area contributed by atoms with Crippen LogP contribution in [0, 0.1) is 0 Å². The molecule has 0 aromatic heterocycles. The molecule has 1 amide bonds. The molecule has 0 aliphatic carbocycles. The maximum absolute atomic E-state index is 12.6. The van der Waals surface area contributed by atoms with Crippen LogP contribution < -0.4 is 10.2 Å². The van der Waals surface area contributed by atoms with Gasteiger partial charge in [0.05, 0.1) is 12.2 Å². The minimum atomic E-state index is -0.0494. The zero-order valence-corrected chi connectivity index (χ0v) is 15.3. The van der Waals surface area contributed by atoms with Crippen molar-refractivity contribution in [1.82, 2.24) is 0 Å². The number of hydrogen-bond donors (Lipinski definition) is 1. The number of rotatable bonds is 6. The monoisotopic (exact) mass is 394 g/mol. The van der Waals surface area contributed by atoms with E-state index in [1.807, 2.05) is 72.8 Å². The van der Waals surface area contributed by atoms with Crippen molar-refractivity contribution in [2.75, 3.05) is 16.8 Å². The normalized spacial score (nSPS) is 10.3. The van der Waals surface area contributed by atoms with Crippen LogP contribution in [0.5, 0.6) is 0 Å². The quantitative estimate of drug-likeness (QED) is 0.630. The van der Waals surface area contributed by atoms with Crippen LogP contribution in [0.15, 0.2) is 89.4 Å². The summed E-state index contributed by atoms with van der Waals surface area (Å²) in [5.74, 6) is -0.0494. The van der Waals surface area contributed by atoms with Gasteiger partial charge in [-0.15, -0.1) is 0 Å². The lowest BCUT2D eigenvalue weighted by Crippen LogP contribution is -2.33. The first-order valence-corrected chi connectivity index (χ1v) is 8.90. The third-order valence-corrected chi connectivity index (χ3v) is 4.51. The lowest BCUT2D eigenvalue weighted by molar-refractivity contribution is -0.115. The Labute approximate surface area is 156 Å². The maximum Gasteiger partial charge on any atom is 0.243 e. The number of hydrogen-bond acceptors (Lipinski definition) is 2. The van der Waals surface area contributed by atoms with Crippen LogP contribution in [0.1, 0.15) is 5.56 Å². The molecule has 4 heteroatoms. The van der Waals surface area contributed by atoms with Crippen molar-refractivity contribution in [2.24, 2.45) is 0 Å². The Morgan fingerprint density at radius 2 is 1.44 bits per heavy atom. The number of carbonyl (C=O) groups is 1. The summed E-state index contributed by atoms with van der Waals surface area (Å²) in [6, 6.07) is 27.8. The van der Waals surface area contributed by atoms with Gasteiger partial charge >= 0.3 is 0 Å². The van der Waals surface area contributed by atoms with Gasteiger partial charge in [0.25, 0.3) is 0 Å². The van der Waals surface area contributed by atoms with Crippen molar-refractivity contribution in [3.8, 4) is 0 Å². The Hall–Kier alpha value is -2.59. The molecule has 3 rings (SSSR count). The van der Waals surface area contributed by atoms with Crippen molar-refractivity contribution < 1.29 is 4.79 Å². The van der Waals surface area contributed by atoms with Gasteiger partial charge < -0.3 is 10.2 Å². The first-order valence-electron chi connectivity index (χ1n) is 8.10. The summed E-state index contributed by atoms with van der Waals surface area (Å²) in [6.45, 7) is 0.953. The highest BCUT2D eigenvalue weighted by molar-refractivity contribution is 9.10. The Bertz CT molecular complexity index is 822. The molecule has 0 saturated heterocycles. The third-order valence-electron chi connectivity index (χ3n) is 3.82. The van der Waals surface area contributed by atoms with Crippen molar-refractivity contribution in [3.05, 3.63) is 95.0 Å². The van der Waals surface area contributed by atoms with Gasteiger partial charge in [-0.05, 0) is 45.8 Å². The van der Waals surface area contributed by atoms with E-state index in [9.17, 15) is 4.79 Å². The summed E-state index contributed by atoms with van der Waals surface area (Å²) >= 11 is 3.46. The van der Waals surface area contributed by atoms with Gasteiger partial charge in [-0.2, -0.15) is 0 Å². The highest BCUT2D eigenvalue weighted by Crippen LogP contribution is 2.22. The third kappa shape index (κ3) is 4.94. The second kappa shape index (κ2) is 8.49. The number of carbonyl (C=O) groups excluding carboxylic acids is 1. The lowest BCUT2D eigenvalue weighted by atomic mass is 10.2. The van der Waals surface area contributed by atoms with Gasteiger partial charge in [0, 0.05) is 16.7 Å². The van der Waals surface area contributed by atoms with E-state index in [1.54, 1.807) is 0 Å². The molecule has 0 radical (unpaired) electrons. The summed E-state index contributed by atoms with van der Waals surface area (Å²) < 4.78 is 0.873. The average molecular weight is 395 g/mol. The smallest absolute Gasteiger partial charge is 0.243 e. The summed E-state index contributed by atoms with van der Waals surface area (Å²) in [6.07, 6.45) is 0. The molecular weight excluding hydrogens is 376 g/mol. The first kappa shape index (κ1) is 17.2. The van der Waals surface area contributed by atoms with Gasteiger partial charge in [0.2, 0.25) is 5.91 Å². The van der Waals surface area contributed by atoms with Crippen molar-refractivity contribution in [3.63, 3.8) is 0 Å². The number of para-hydroxylation sites is 2. The maximum atomic E-state index is 12.6. The summed E-state index contributed by atoms with van der Waals surface area (Å²) in [5.41, 5.74) is 2.97. The van der Waals surface area contributed by atoms with Crippen LogP contribution in [0.3, 0.4) is 0 Å². The molecule has 0 unspecified atom stereocenters. The van der Waals surface area contributed by atoms with E-state index in [1.165, 1.54) is 5.56 Å². The van der Waals surface area contributed by atoms with E-state index in [2.05, 4.69) is 38.3 Å². The molecule has 0 saturated carbocycles. The molecule has 3 aromatic carbocycles. The SMILES string of the molecule is O=C(CN(Cc1ccccc1)c1ccccc1)Nc1ccccc1Br. The number of amides is 1. The van der Waals surface area contributed by atoms with E-state index in [-0.39, 0.29) is 12.5 Å². The molecule has 3 nitrogen and oxygen atoms in total. The van der Waals surface area contributed by atoms with Gasteiger partial charge in [0.15, 0.2) is 0 Å². The number of anilines is 2. The highest BCUT2D eigenvalue weighted by atomic mass is 79.9. The molecule has 0 fully saturated rings. The molecule has 25 heavy (non-hydrogen) atoms. The number of nitrogens with zero attached hydrogens (tertiary/aromatic N) is 1. The first-order chi connectivity index (χ1) is 12.2. The average Bonchev–Trinajstić information content (AvgIpc) is 2.65. The number of nitrogens with one attached hydrogen (secondary N) is 1.